The molecule has 0 saturated carbocycles. The van der Waals surface area contributed by atoms with Crippen LogP contribution in [0.2, 0.25) is 0 Å². The number of rotatable bonds is 17. The van der Waals surface area contributed by atoms with Crippen molar-refractivity contribution >= 4 is 0 Å². The second-order valence-corrected chi connectivity index (χ2v) is 7.24. The lowest BCUT2D eigenvalue weighted by molar-refractivity contribution is 0.547. The van der Waals surface area contributed by atoms with E-state index in [1.807, 2.05) is 0 Å². The first-order valence-electron chi connectivity index (χ1n) is 10.9. The van der Waals surface area contributed by atoms with E-state index in [0.29, 0.717) is 0 Å². The van der Waals surface area contributed by atoms with E-state index in [2.05, 4.69) is 81.9 Å². The van der Waals surface area contributed by atoms with Gasteiger partial charge >= 0.3 is 0 Å². The molecule has 0 aliphatic heterocycles. The predicted octanol–water partition coefficient (Wildman–Crippen LogP) is 3.31. The van der Waals surface area contributed by atoms with Crippen molar-refractivity contribution in [3.63, 3.8) is 0 Å². The summed E-state index contributed by atoms with van der Waals surface area (Å²) in [6.07, 6.45) is 4.86. The minimum absolute atomic E-state index is 0.967. The van der Waals surface area contributed by atoms with Crippen LogP contribution in [-0.4, -0.2) is 39.3 Å². The third-order valence-corrected chi connectivity index (χ3v) is 4.72. The normalized spacial score (nSPS) is 11.0. The maximum absolute atomic E-state index is 3.54. The van der Waals surface area contributed by atoms with E-state index in [-0.39, 0.29) is 0 Å². The second-order valence-electron chi connectivity index (χ2n) is 7.24. The highest BCUT2D eigenvalue weighted by atomic mass is 14.9. The van der Waals surface area contributed by atoms with E-state index in [0.717, 1.165) is 52.4 Å². The zero-order chi connectivity index (χ0) is 19.5. The molecular weight excluding hydrogens is 344 g/mol. The van der Waals surface area contributed by atoms with Crippen LogP contribution in [-0.2, 0) is 13.1 Å². The number of benzene rings is 2. The fourth-order valence-corrected chi connectivity index (χ4v) is 3.08. The SMILES string of the molecule is c1ccc(CNCCCNCCCCNCCCNCc2ccccc2)cc1. The summed E-state index contributed by atoms with van der Waals surface area (Å²) in [5.41, 5.74) is 2.71. The summed E-state index contributed by atoms with van der Waals surface area (Å²) in [5.74, 6) is 0. The fourth-order valence-electron chi connectivity index (χ4n) is 3.08. The lowest BCUT2D eigenvalue weighted by Crippen LogP contribution is -2.24. The molecule has 0 atom stereocenters. The first-order valence-corrected chi connectivity index (χ1v) is 10.9. The van der Waals surface area contributed by atoms with Gasteiger partial charge in [0.1, 0.15) is 0 Å². The van der Waals surface area contributed by atoms with Crippen LogP contribution >= 0.6 is 0 Å². The van der Waals surface area contributed by atoms with Crippen LogP contribution in [0.3, 0.4) is 0 Å². The van der Waals surface area contributed by atoms with Crippen molar-refractivity contribution in [2.45, 2.75) is 38.8 Å². The largest absolute Gasteiger partial charge is 0.317 e. The zero-order valence-electron chi connectivity index (χ0n) is 17.3. The van der Waals surface area contributed by atoms with E-state index in [1.54, 1.807) is 0 Å². The Morgan fingerprint density at radius 2 is 0.750 bits per heavy atom. The lowest BCUT2D eigenvalue weighted by Gasteiger charge is -2.08. The molecular formula is C24H38N4. The van der Waals surface area contributed by atoms with Crippen molar-refractivity contribution in [2.24, 2.45) is 0 Å². The summed E-state index contributed by atoms with van der Waals surface area (Å²) >= 11 is 0. The van der Waals surface area contributed by atoms with Gasteiger partial charge < -0.3 is 21.3 Å². The molecule has 4 nitrogen and oxygen atoms in total. The molecule has 0 aromatic heterocycles. The molecule has 0 aliphatic carbocycles. The molecule has 0 bridgehead atoms. The maximum Gasteiger partial charge on any atom is 0.0205 e. The molecule has 4 N–H and O–H groups in total. The topological polar surface area (TPSA) is 48.1 Å². The smallest absolute Gasteiger partial charge is 0.0205 e. The average molecular weight is 383 g/mol. The number of unbranched alkanes of at least 4 members (excludes halogenated alkanes) is 1. The molecule has 2 aromatic rings. The summed E-state index contributed by atoms with van der Waals surface area (Å²) in [5, 5.41) is 14.1. The van der Waals surface area contributed by atoms with Gasteiger partial charge in [0.25, 0.3) is 0 Å². The first kappa shape index (κ1) is 22.6. The maximum atomic E-state index is 3.54. The van der Waals surface area contributed by atoms with E-state index in [4.69, 9.17) is 0 Å². The summed E-state index contributed by atoms with van der Waals surface area (Å²) < 4.78 is 0. The van der Waals surface area contributed by atoms with Gasteiger partial charge in [0.2, 0.25) is 0 Å². The van der Waals surface area contributed by atoms with Crippen LogP contribution in [0.15, 0.2) is 60.7 Å². The Kier molecular flexibility index (Phi) is 13.1. The molecule has 0 spiro atoms. The third kappa shape index (κ3) is 11.9. The highest BCUT2D eigenvalue weighted by Gasteiger charge is 1.94. The van der Waals surface area contributed by atoms with Crippen molar-refractivity contribution in [1.29, 1.82) is 0 Å². The molecule has 0 saturated heterocycles. The van der Waals surface area contributed by atoms with Gasteiger partial charge in [-0.15, -0.1) is 0 Å². The van der Waals surface area contributed by atoms with E-state index >= 15 is 0 Å². The van der Waals surface area contributed by atoms with Crippen LogP contribution in [0.25, 0.3) is 0 Å². The Hall–Kier alpha value is -1.72. The number of hydrogen-bond donors (Lipinski definition) is 4. The lowest BCUT2D eigenvalue weighted by atomic mass is 10.2. The molecule has 0 fully saturated rings. The highest BCUT2D eigenvalue weighted by Crippen LogP contribution is 1.97. The van der Waals surface area contributed by atoms with E-state index < -0.39 is 0 Å². The Labute approximate surface area is 171 Å². The molecule has 2 rings (SSSR count). The quantitative estimate of drug-likeness (QED) is 0.317. The summed E-state index contributed by atoms with van der Waals surface area (Å²) in [6.45, 7) is 8.52. The van der Waals surface area contributed by atoms with Gasteiger partial charge in [-0.25, -0.2) is 0 Å². The summed E-state index contributed by atoms with van der Waals surface area (Å²) in [6, 6.07) is 21.2. The molecule has 28 heavy (non-hydrogen) atoms. The Balaban J connectivity index is 1.25. The van der Waals surface area contributed by atoms with Crippen molar-refractivity contribution in [3.8, 4) is 0 Å². The van der Waals surface area contributed by atoms with Gasteiger partial charge in [-0.05, 0) is 76.1 Å². The minimum atomic E-state index is 0.967. The van der Waals surface area contributed by atoms with Crippen molar-refractivity contribution in [2.75, 3.05) is 39.3 Å². The van der Waals surface area contributed by atoms with Crippen molar-refractivity contribution in [1.82, 2.24) is 21.3 Å². The van der Waals surface area contributed by atoms with Gasteiger partial charge in [-0.3, -0.25) is 0 Å². The Morgan fingerprint density at radius 1 is 0.393 bits per heavy atom. The molecule has 2 aromatic carbocycles. The fraction of sp³-hybridized carbons (Fsp3) is 0.500. The zero-order valence-corrected chi connectivity index (χ0v) is 17.3. The molecule has 154 valence electrons. The van der Waals surface area contributed by atoms with Gasteiger partial charge in [0.15, 0.2) is 0 Å². The van der Waals surface area contributed by atoms with Crippen LogP contribution in [0.5, 0.6) is 0 Å². The van der Waals surface area contributed by atoms with Crippen LogP contribution in [0.1, 0.15) is 36.8 Å². The Bertz CT molecular complexity index is 520. The van der Waals surface area contributed by atoms with Crippen molar-refractivity contribution in [3.05, 3.63) is 71.8 Å². The van der Waals surface area contributed by atoms with E-state index in [1.165, 1.54) is 36.8 Å². The molecule has 0 aliphatic rings. The predicted molar refractivity (Wildman–Crippen MR) is 121 cm³/mol. The number of hydrogen-bond acceptors (Lipinski definition) is 4. The summed E-state index contributed by atoms with van der Waals surface area (Å²) in [4.78, 5) is 0. The average Bonchev–Trinajstić information content (AvgIpc) is 2.75. The molecule has 0 unspecified atom stereocenters. The Morgan fingerprint density at radius 3 is 1.18 bits per heavy atom. The molecule has 4 heteroatoms. The van der Waals surface area contributed by atoms with Crippen molar-refractivity contribution < 1.29 is 0 Å². The van der Waals surface area contributed by atoms with Gasteiger partial charge in [-0.2, -0.15) is 0 Å². The molecule has 0 amide bonds. The van der Waals surface area contributed by atoms with Crippen LogP contribution in [0, 0.1) is 0 Å². The highest BCUT2D eigenvalue weighted by molar-refractivity contribution is 5.14. The standard InChI is InChI=1S/C24H38N4/c1-3-11-23(12-4-1)21-27-19-9-17-25-15-7-8-16-26-18-10-20-28-22-24-13-5-2-6-14-24/h1-6,11-14,25-28H,7-10,15-22H2. The third-order valence-electron chi connectivity index (χ3n) is 4.72. The van der Waals surface area contributed by atoms with Gasteiger partial charge in [0.05, 0.1) is 0 Å². The van der Waals surface area contributed by atoms with E-state index in [9.17, 15) is 0 Å². The monoisotopic (exact) mass is 382 g/mol. The second kappa shape index (κ2) is 16.3. The van der Waals surface area contributed by atoms with Gasteiger partial charge in [0, 0.05) is 13.1 Å². The van der Waals surface area contributed by atoms with Crippen LogP contribution in [0.4, 0.5) is 0 Å². The van der Waals surface area contributed by atoms with Crippen LogP contribution < -0.4 is 21.3 Å². The molecule has 0 heterocycles. The molecule has 0 radical (unpaired) electrons. The first-order chi connectivity index (χ1) is 13.9. The summed E-state index contributed by atoms with van der Waals surface area (Å²) in [7, 11) is 0. The minimum Gasteiger partial charge on any atom is -0.317 e. The van der Waals surface area contributed by atoms with Gasteiger partial charge in [-0.1, -0.05) is 60.7 Å². The number of nitrogens with one attached hydrogen (secondary N) is 4.